The summed E-state index contributed by atoms with van der Waals surface area (Å²) in [7, 11) is 1.66. The number of hydrogen-bond donors (Lipinski definition) is 1. The minimum absolute atomic E-state index is 0.0248. The Morgan fingerprint density at radius 3 is 2.29 bits per heavy atom. The van der Waals surface area contributed by atoms with Crippen LogP contribution in [0.15, 0.2) is 45.6 Å². The number of fused-ring (bicyclic) bond motifs is 2. The van der Waals surface area contributed by atoms with Gasteiger partial charge in [0.25, 0.3) is 5.91 Å². The van der Waals surface area contributed by atoms with Crippen molar-refractivity contribution >= 4 is 46.7 Å². The normalized spacial score (nSPS) is 20.2. The van der Waals surface area contributed by atoms with Crippen molar-refractivity contribution < 1.29 is 37.9 Å². The van der Waals surface area contributed by atoms with E-state index >= 15 is 0 Å². The number of aromatic nitrogens is 1. The molecule has 1 N–H and O–H groups in total. The van der Waals surface area contributed by atoms with Gasteiger partial charge in [-0.1, -0.05) is 24.3 Å². The molecular weight excluding hydrogens is 807 g/mol. The first-order valence-electron chi connectivity index (χ1n) is 23.2. The van der Waals surface area contributed by atoms with Gasteiger partial charge in [-0.2, -0.15) is 0 Å². The summed E-state index contributed by atoms with van der Waals surface area (Å²) < 4.78 is 18.6. The van der Waals surface area contributed by atoms with Crippen molar-refractivity contribution in [3.63, 3.8) is 0 Å². The maximum Gasteiger partial charge on any atom is 0.419 e. The van der Waals surface area contributed by atoms with E-state index in [1.807, 2.05) is 52.0 Å². The maximum atomic E-state index is 14.4. The second-order valence-electron chi connectivity index (χ2n) is 18.2. The van der Waals surface area contributed by atoms with E-state index in [-0.39, 0.29) is 36.3 Å². The van der Waals surface area contributed by atoms with E-state index in [9.17, 15) is 28.8 Å². The summed E-state index contributed by atoms with van der Waals surface area (Å²) in [5.74, 6) is 0.330. The summed E-state index contributed by atoms with van der Waals surface area (Å²) in [5.41, 5.74) is 4.61. The topological polar surface area (TPSA) is 167 Å². The summed E-state index contributed by atoms with van der Waals surface area (Å²) in [5, 5.41) is 3.05. The van der Waals surface area contributed by atoms with E-state index in [0.29, 0.717) is 107 Å². The van der Waals surface area contributed by atoms with Gasteiger partial charge < -0.3 is 43.7 Å². The number of hydrogen-bond acceptors (Lipinski definition) is 10. The lowest BCUT2D eigenvalue weighted by molar-refractivity contribution is -0.144. The summed E-state index contributed by atoms with van der Waals surface area (Å²) in [6.07, 6.45) is 6.85. The predicted molar refractivity (Wildman–Crippen MR) is 235 cm³/mol. The summed E-state index contributed by atoms with van der Waals surface area (Å²) in [6.45, 7) is 8.76. The van der Waals surface area contributed by atoms with Crippen molar-refractivity contribution in [3.8, 4) is 0 Å². The highest BCUT2D eigenvalue weighted by Gasteiger charge is 2.37. The molecule has 0 unspecified atom stereocenters. The number of carbonyl (C=O) groups excluding carboxylic acids is 5. The number of ether oxygens (including phenoxy) is 2. The Hall–Kier alpha value is -5.38. The molecule has 5 amide bonds. The molecule has 5 aliphatic rings. The molecule has 16 nitrogen and oxygen atoms in total. The number of aryl methyl sites for hydroxylation is 2. The van der Waals surface area contributed by atoms with Crippen LogP contribution >= 0.6 is 0 Å². The van der Waals surface area contributed by atoms with Crippen LogP contribution in [-0.2, 0) is 43.7 Å². The van der Waals surface area contributed by atoms with E-state index in [1.165, 1.54) is 4.57 Å². The second-order valence-corrected chi connectivity index (χ2v) is 18.2. The van der Waals surface area contributed by atoms with Crippen molar-refractivity contribution in [2.45, 2.75) is 96.1 Å². The van der Waals surface area contributed by atoms with Gasteiger partial charge in [-0.15, -0.1) is 0 Å². The average molecular weight is 870 g/mol. The molecule has 0 saturated carbocycles. The molecule has 6 heterocycles. The zero-order valence-corrected chi connectivity index (χ0v) is 36.9. The SMILES string of the molecule is Cc1cc(C[C@@H](OC(=O)N2CCC(N3CCc4ccccc4NC3=O)CC2)C(=O)N2CCC(C3CCN(CCC(=O)OCCCN4CCCC4=O)CC3)CC2)cc2oc(=O)n(C)c12. The Bertz CT molecular complexity index is 2200. The summed E-state index contributed by atoms with van der Waals surface area (Å²) in [4.78, 5) is 87.6. The lowest BCUT2D eigenvalue weighted by atomic mass is 9.78. The van der Waals surface area contributed by atoms with E-state index in [2.05, 4.69) is 10.2 Å². The zero-order chi connectivity index (χ0) is 44.0. The molecule has 4 fully saturated rings. The Morgan fingerprint density at radius 1 is 0.841 bits per heavy atom. The molecule has 340 valence electrons. The largest absolute Gasteiger partial charge is 0.466 e. The highest BCUT2D eigenvalue weighted by atomic mass is 16.6. The van der Waals surface area contributed by atoms with Crippen LogP contribution in [0.4, 0.5) is 15.3 Å². The first-order chi connectivity index (χ1) is 30.5. The van der Waals surface area contributed by atoms with Crippen LogP contribution in [0.5, 0.6) is 0 Å². The van der Waals surface area contributed by atoms with Crippen LogP contribution in [0.25, 0.3) is 11.1 Å². The van der Waals surface area contributed by atoms with Crippen molar-refractivity contribution in [2.75, 3.05) is 77.4 Å². The summed E-state index contributed by atoms with van der Waals surface area (Å²) >= 11 is 0. The Morgan fingerprint density at radius 2 is 1.56 bits per heavy atom. The second kappa shape index (κ2) is 20.0. The first-order valence-corrected chi connectivity index (χ1v) is 23.2. The number of esters is 1. The van der Waals surface area contributed by atoms with Crippen LogP contribution in [0.3, 0.4) is 0 Å². The molecule has 5 aliphatic heterocycles. The Labute approximate surface area is 368 Å². The number of carbonyl (C=O) groups is 5. The number of nitrogens with zero attached hydrogens (tertiary/aromatic N) is 6. The number of urea groups is 1. The van der Waals surface area contributed by atoms with Crippen molar-refractivity contribution in [3.05, 3.63) is 63.6 Å². The Balaban J connectivity index is 0.827. The van der Waals surface area contributed by atoms with Gasteiger partial charge in [0.2, 0.25) is 5.91 Å². The highest BCUT2D eigenvalue weighted by molar-refractivity contribution is 5.91. The fourth-order valence-corrected chi connectivity index (χ4v) is 10.5. The molecule has 0 spiro atoms. The van der Waals surface area contributed by atoms with Crippen molar-refractivity contribution in [2.24, 2.45) is 18.9 Å². The van der Waals surface area contributed by atoms with Gasteiger partial charge in [0.1, 0.15) is 0 Å². The third kappa shape index (κ3) is 10.5. The van der Waals surface area contributed by atoms with Gasteiger partial charge in [-0.25, -0.2) is 14.4 Å². The van der Waals surface area contributed by atoms with Crippen LogP contribution < -0.4 is 11.1 Å². The molecule has 0 aliphatic carbocycles. The first kappa shape index (κ1) is 44.2. The van der Waals surface area contributed by atoms with Gasteiger partial charge >= 0.3 is 23.8 Å². The highest BCUT2D eigenvalue weighted by Crippen LogP contribution is 2.33. The number of para-hydroxylation sites is 1. The van der Waals surface area contributed by atoms with Gasteiger partial charge in [-0.3, -0.25) is 19.0 Å². The molecule has 1 aromatic heterocycles. The van der Waals surface area contributed by atoms with Crippen molar-refractivity contribution in [1.82, 2.24) is 29.1 Å². The number of oxazole rings is 1. The molecule has 4 saturated heterocycles. The third-order valence-electron chi connectivity index (χ3n) is 14.2. The van der Waals surface area contributed by atoms with Gasteiger partial charge in [0, 0.05) is 84.0 Å². The fourth-order valence-electron chi connectivity index (χ4n) is 10.5. The Kier molecular flexibility index (Phi) is 14.0. The smallest absolute Gasteiger partial charge is 0.419 e. The van der Waals surface area contributed by atoms with Gasteiger partial charge in [-0.05, 0) is 118 Å². The zero-order valence-electron chi connectivity index (χ0n) is 36.9. The quantitative estimate of drug-likeness (QED) is 0.184. The molecule has 16 heteroatoms. The fraction of sp³-hybridized carbons (Fsp3) is 0.617. The molecule has 0 radical (unpaired) electrons. The number of piperidine rings is 3. The number of benzene rings is 2. The van der Waals surface area contributed by atoms with E-state index in [1.54, 1.807) is 18.0 Å². The standard InChI is InChI=1S/C47H63N7O9/c1-32-29-33(30-39-43(32)49(2)46(59)62-39)31-40(63-47(60)53-25-15-37(16-26-53)54-27-14-36-7-3-4-8-38(36)48-45(54)58)44(57)52-23-12-35(13-24-52)34-10-20-50(21-11-34)22-17-42(56)61-28-6-19-51-18-5-9-41(51)55/h3-4,7-8,29-30,34-35,37,40H,5-6,9-28,31H2,1-2H3,(H,48,58)/t40-/m1/s1. The molecule has 3 aromatic rings. The van der Waals surface area contributed by atoms with Crippen LogP contribution in [0, 0.1) is 18.8 Å². The van der Waals surface area contributed by atoms with E-state index in [0.717, 1.165) is 80.5 Å². The number of likely N-dealkylation sites (tertiary alicyclic amines) is 4. The predicted octanol–water partition coefficient (Wildman–Crippen LogP) is 4.94. The molecule has 2 aromatic carbocycles. The number of amides is 5. The van der Waals surface area contributed by atoms with Crippen LogP contribution in [0.1, 0.15) is 80.9 Å². The number of anilines is 1. The lowest BCUT2D eigenvalue weighted by Crippen LogP contribution is -2.52. The lowest BCUT2D eigenvalue weighted by Gasteiger charge is -2.41. The molecule has 0 bridgehead atoms. The van der Waals surface area contributed by atoms with Crippen LogP contribution in [-0.4, -0.2) is 143 Å². The number of rotatable bonds is 13. The minimum Gasteiger partial charge on any atom is -0.466 e. The van der Waals surface area contributed by atoms with Gasteiger partial charge in [0.15, 0.2) is 11.7 Å². The van der Waals surface area contributed by atoms with E-state index < -0.39 is 18.0 Å². The molecule has 63 heavy (non-hydrogen) atoms. The monoisotopic (exact) mass is 869 g/mol. The minimum atomic E-state index is -1.07. The molecular formula is C47H63N7O9. The third-order valence-corrected chi connectivity index (χ3v) is 14.2. The van der Waals surface area contributed by atoms with E-state index in [4.69, 9.17) is 13.9 Å². The summed E-state index contributed by atoms with van der Waals surface area (Å²) in [6, 6.07) is 11.4. The number of nitrogens with one attached hydrogen (secondary N) is 1. The average Bonchev–Trinajstić information content (AvgIpc) is 3.78. The molecule has 8 rings (SSSR count). The van der Waals surface area contributed by atoms with Crippen LogP contribution in [0.2, 0.25) is 0 Å². The van der Waals surface area contributed by atoms with Crippen molar-refractivity contribution in [1.29, 1.82) is 0 Å². The van der Waals surface area contributed by atoms with Gasteiger partial charge in [0.05, 0.1) is 18.5 Å². The maximum absolute atomic E-state index is 14.4. The molecule has 1 atom stereocenters.